The molecule has 0 aromatic heterocycles. The number of hydrogen-bond donors (Lipinski definition) is 2. The summed E-state index contributed by atoms with van der Waals surface area (Å²) in [5.41, 5.74) is 4.23. The summed E-state index contributed by atoms with van der Waals surface area (Å²) >= 11 is 0. The van der Waals surface area contributed by atoms with E-state index in [1.54, 1.807) is 7.11 Å². The molecule has 21 heavy (non-hydrogen) atoms. The second-order valence-corrected chi connectivity index (χ2v) is 4.93. The number of nitrogen functional groups attached to an aromatic ring is 1. The van der Waals surface area contributed by atoms with E-state index in [1.807, 2.05) is 0 Å². The smallest absolute Gasteiger partial charge is 0.285 e. The van der Waals surface area contributed by atoms with E-state index >= 15 is 0 Å². The Morgan fingerprint density at radius 3 is 2.86 bits per heavy atom. The lowest BCUT2D eigenvalue weighted by molar-refractivity contribution is -0.385. The molecule has 1 aliphatic carbocycles. The van der Waals surface area contributed by atoms with Crippen LogP contribution in [0.25, 0.3) is 0 Å². The van der Waals surface area contributed by atoms with Crippen molar-refractivity contribution in [1.82, 2.24) is 5.32 Å². The molecule has 1 aromatic carbocycles. The zero-order chi connectivity index (χ0) is 15.6. The number of nitrogens with zero attached hydrogens (tertiary/aromatic N) is 1. The van der Waals surface area contributed by atoms with Crippen molar-refractivity contribution in [2.45, 2.75) is 31.4 Å². The summed E-state index contributed by atoms with van der Waals surface area (Å²) in [6.45, 7) is 0. The van der Waals surface area contributed by atoms with Crippen molar-refractivity contribution >= 4 is 17.3 Å². The first kappa shape index (κ1) is 15.2. The SMILES string of the molecule is COC1CCCC1NC(=O)c1cc(N)c(F)cc1[N+](=O)[O-]. The van der Waals surface area contributed by atoms with Crippen LogP contribution < -0.4 is 11.1 Å². The normalized spacial score (nSPS) is 21.2. The molecule has 3 N–H and O–H groups in total. The van der Waals surface area contributed by atoms with Gasteiger partial charge in [-0.25, -0.2) is 4.39 Å². The van der Waals surface area contributed by atoms with Crippen LogP contribution in [0, 0.1) is 15.9 Å². The molecule has 1 aromatic rings. The first-order valence-electron chi connectivity index (χ1n) is 6.51. The fraction of sp³-hybridized carbons (Fsp3) is 0.462. The molecule has 2 atom stereocenters. The van der Waals surface area contributed by atoms with Crippen LogP contribution in [0.15, 0.2) is 12.1 Å². The fourth-order valence-electron chi connectivity index (χ4n) is 2.53. The minimum atomic E-state index is -0.922. The van der Waals surface area contributed by atoms with E-state index in [0.717, 1.165) is 25.3 Å². The van der Waals surface area contributed by atoms with Gasteiger partial charge in [0.2, 0.25) is 0 Å². The Morgan fingerprint density at radius 1 is 1.52 bits per heavy atom. The number of nitrogens with two attached hydrogens (primary N) is 1. The van der Waals surface area contributed by atoms with Crippen LogP contribution in [0.5, 0.6) is 0 Å². The van der Waals surface area contributed by atoms with Crippen LogP contribution in [0.3, 0.4) is 0 Å². The average Bonchev–Trinajstić information content (AvgIpc) is 2.88. The summed E-state index contributed by atoms with van der Waals surface area (Å²) in [4.78, 5) is 22.3. The molecule has 2 unspecified atom stereocenters. The summed E-state index contributed by atoms with van der Waals surface area (Å²) < 4.78 is 18.6. The number of anilines is 1. The molecule has 7 nitrogen and oxygen atoms in total. The molecule has 1 amide bonds. The van der Waals surface area contributed by atoms with Gasteiger partial charge in [0.15, 0.2) is 5.82 Å². The Bertz CT molecular complexity index is 579. The first-order chi connectivity index (χ1) is 9.93. The highest BCUT2D eigenvalue weighted by atomic mass is 19.1. The van der Waals surface area contributed by atoms with E-state index in [9.17, 15) is 19.3 Å². The largest absolute Gasteiger partial charge is 0.396 e. The Kier molecular flexibility index (Phi) is 4.37. The third-order valence-electron chi connectivity index (χ3n) is 3.63. The number of benzene rings is 1. The monoisotopic (exact) mass is 297 g/mol. The van der Waals surface area contributed by atoms with Crippen molar-refractivity contribution in [1.29, 1.82) is 0 Å². The van der Waals surface area contributed by atoms with Gasteiger partial charge in [-0.15, -0.1) is 0 Å². The number of nitrogens with one attached hydrogen (secondary N) is 1. The van der Waals surface area contributed by atoms with Crippen molar-refractivity contribution in [2.75, 3.05) is 12.8 Å². The van der Waals surface area contributed by atoms with Crippen molar-refractivity contribution in [2.24, 2.45) is 0 Å². The second-order valence-electron chi connectivity index (χ2n) is 4.93. The molecular formula is C13H16FN3O4. The molecule has 114 valence electrons. The highest BCUT2D eigenvalue weighted by Crippen LogP contribution is 2.26. The molecule has 8 heteroatoms. The lowest BCUT2D eigenvalue weighted by atomic mass is 10.1. The summed E-state index contributed by atoms with van der Waals surface area (Å²) in [6, 6.07) is 1.43. The van der Waals surface area contributed by atoms with E-state index in [1.165, 1.54) is 0 Å². The Balaban J connectivity index is 2.26. The van der Waals surface area contributed by atoms with Crippen LogP contribution in [0.4, 0.5) is 15.8 Å². The van der Waals surface area contributed by atoms with E-state index in [0.29, 0.717) is 6.07 Å². The van der Waals surface area contributed by atoms with Crippen LogP contribution in [-0.2, 0) is 4.74 Å². The topological polar surface area (TPSA) is 107 Å². The van der Waals surface area contributed by atoms with Crippen molar-refractivity contribution in [3.63, 3.8) is 0 Å². The number of carbonyl (C=O) groups is 1. The van der Waals surface area contributed by atoms with Crippen LogP contribution in [0.2, 0.25) is 0 Å². The number of carbonyl (C=O) groups excluding carboxylic acids is 1. The summed E-state index contributed by atoms with van der Waals surface area (Å²) in [6.07, 6.45) is 2.33. The number of hydrogen-bond acceptors (Lipinski definition) is 5. The first-order valence-corrected chi connectivity index (χ1v) is 6.51. The van der Waals surface area contributed by atoms with E-state index < -0.39 is 22.3 Å². The molecule has 0 heterocycles. The quantitative estimate of drug-likeness (QED) is 0.499. The molecule has 1 saturated carbocycles. The van der Waals surface area contributed by atoms with Gasteiger partial charge in [0.1, 0.15) is 5.56 Å². The number of methoxy groups -OCH3 is 1. The van der Waals surface area contributed by atoms with Gasteiger partial charge in [-0.3, -0.25) is 14.9 Å². The van der Waals surface area contributed by atoms with Crippen LogP contribution >= 0.6 is 0 Å². The van der Waals surface area contributed by atoms with Crippen molar-refractivity contribution in [3.05, 3.63) is 33.6 Å². The van der Waals surface area contributed by atoms with Gasteiger partial charge in [0.05, 0.1) is 28.8 Å². The number of nitro groups is 1. The molecule has 0 saturated heterocycles. The summed E-state index contributed by atoms with van der Waals surface area (Å²) in [5.74, 6) is -1.57. The van der Waals surface area contributed by atoms with Crippen molar-refractivity contribution in [3.8, 4) is 0 Å². The van der Waals surface area contributed by atoms with Gasteiger partial charge in [-0.2, -0.15) is 0 Å². The fourth-order valence-corrected chi connectivity index (χ4v) is 2.53. The molecule has 2 rings (SSSR count). The summed E-state index contributed by atoms with van der Waals surface area (Å²) in [5, 5.41) is 13.6. The van der Waals surface area contributed by atoms with Gasteiger partial charge in [0.25, 0.3) is 11.6 Å². The maximum absolute atomic E-state index is 13.3. The Hall–Kier alpha value is -2.22. The van der Waals surface area contributed by atoms with Gasteiger partial charge in [0, 0.05) is 7.11 Å². The zero-order valence-corrected chi connectivity index (χ0v) is 11.5. The molecule has 0 bridgehead atoms. The second kappa shape index (κ2) is 6.04. The van der Waals surface area contributed by atoms with Crippen LogP contribution in [-0.4, -0.2) is 30.1 Å². The lowest BCUT2D eigenvalue weighted by Crippen LogP contribution is -2.40. The predicted octanol–water partition coefficient (Wildman–Crippen LogP) is 1.61. The third kappa shape index (κ3) is 3.10. The average molecular weight is 297 g/mol. The molecule has 1 aliphatic rings. The minimum absolute atomic E-state index is 0.120. The Labute approximate surface area is 120 Å². The molecule has 1 fully saturated rings. The number of amides is 1. The maximum Gasteiger partial charge on any atom is 0.285 e. The molecular weight excluding hydrogens is 281 g/mol. The molecule has 0 aliphatic heterocycles. The Morgan fingerprint density at radius 2 is 2.24 bits per heavy atom. The summed E-state index contributed by atoms with van der Waals surface area (Å²) in [7, 11) is 1.55. The zero-order valence-electron chi connectivity index (χ0n) is 11.5. The van der Waals surface area contributed by atoms with Gasteiger partial charge >= 0.3 is 0 Å². The number of ether oxygens (including phenoxy) is 1. The molecule has 0 spiro atoms. The minimum Gasteiger partial charge on any atom is -0.396 e. The highest BCUT2D eigenvalue weighted by Gasteiger charge is 2.31. The van der Waals surface area contributed by atoms with Crippen LogP contribution in [0.1, 0.15) is 29.6 Å². The van der Waals surface area contributed by atoms with Gasteiger partial charge in [-0.1, -0.05) is 0 Å². The maximum atomic E-state index is 13.3. The van der Waals surface area contributed by atoms with Gasteiger partial charge in [-0.05, 0) is 25.3 Å². The lowest BCUT2D eigenvalue weighted by Gasteiger charge is -2.19. The van der Waals surface area contributed by atoms with E-state index in [-0.39, 0.29) is 23.4 Å². The highest BCUT2D eigenvalue weighted by molar-refractivity contribution is 5.99. The van der Waals surface area contributed by atoms with Gasteiger partial charge < -0.3 is 15.8 Å². The standard InChI is InChI=1S/C13H16FN3O4/c1-21-12-4-2-3-10(12)16-13(18)7-5-9(15)8(14)6-11(7)17(19)20/h5-6,10,12H,2-4,15H2,1H3,(H,16,18). The number of nitro benzene ring substituents is 1. The number of halogens is 1. The van der Waals surface area contributed by atoms with E-state index in [2.05, 4.69) is 5.32 Å². The molecule has 0 radical (unpaired) electrons. The number of rotatable bonds is 4. The van der Waals surface area contributed by atoms with Crippen molar-refractivity contribution < 1.29 is 18.8 Å². The third-order valence-corrected chi connectivity index (χ3v) is 3.63. The predicted molar refractivity (Wildman–Crippen MR) is 73.4 cm³/mol. The van der Waals surface area contributed by atoms with E-state index in [4.69, 9.17) is 10.5 Å².